The van der Waals surface area contributed by atoms with Crippen molar-refractivity contribution in [3.05, 3.63) is 0 Å². The fourth-order valence-electron chi connectivity index (χ4n) is 3.43. The second-order valence-electron chi connectivity index (χ2n) is 7.57. The van der Waals surface area contributed by atoms with E-state index in [0.29, 0.717) is 6.61 Å². The van der Waals surface area contributed by atoms with Crippen LogP contribution in [0.25, 0.3) is 0 Å². The molecule has 1 N–H and O–H groups in total. The minimum absolute atomic E-state index is 0.0313. The Bertz CT molecular complexity index is 352. The minimum Gasteiger partial charge on any atom is -0.312 e. The van der Waals surface area contributed by atoms with Crippen LogP contribution in [0.5, 0.6) is 0 Å². The summed E-state index contributed by atoms with van der Waals surface area (Å²) in [7, 11) is -2.84. The molecule has 1 saturated heterocycles. The molecule has 0 bridgehead atoms. The predicted octanol–water partition coefficient (Wildman–Crippen LogP) is 6.30. The molecule has 1 fully saturated rings. The van der Waals surface area contributed by atoms with Crippen LogP contribution in [0.2, 0.25) is 0 Å². The van der Waals surface area contributed by atoms with E-state index in [2.05, 4.69) is 12.2 Å². The average Bonchev–Trinajstić information content (AvgIpc) is 2.56. The standard InChI is InChI=1S/C20H42NO3P/c1-3-4-5-6-7-8-9-10-11-12-13-14-15-16-20-19-21-17-18-23-25(2,22)24-20/h20-21H,3-19H2,1-2H3/t20-,25-/m1/s1. The highest BCUT2D eigenvalue weighted by Gasteiger charge is 2.24. The summed E-state index contributed by atoms with van der Waals surface area (Å²) in [4.78, 5) is 0. The van der Waals surface area contributed by atoms with Crippen LogP contribution in [0, 0.1) is 0 Å². The molecule has 2 atom stereocenters. The second kappa shape index (κ2) is 15.2. The van der Waals surface area contributed by atoms with Crippen molar-refractivity contribution in [2.45, 2.75) is 103 Å². The van der Waals surface area contributed by atoms with Gasteiger partial charge in [-0.05, 0) is 6.42 Å². The molecule has 5 heteroatoms. The summed E-state index contributed by atoms with van der Waals surface area (Å²) in [6.07, 6.45) is 18.8. The smallest absolute Gasteiger partial charge is 0.312 e. The summed E-state index contributed by atoms with van der Waals surface area (Å²) in [5.41, 5.74) is 0. The van der Waals surface area contributed by atoms with Crippen molar-refractivity contribution in [3.8, 4) is 0 Å². The maximum atomic E-state index is 12.1. The molecular formula is C20H42NO3P. The zero-order valence-corrected chi connectivity index (χ0v) is 17.7. The van der Waals surface area contributed by atoms with E-state index in [1.807, 2.05) is 0 Å². The van der Waals surface area contributed by atoms with Crippen molar-refractivity contribution in [2.24, 2.45) is 0 Å². The molecule has 25 heavy (non-hydrogen) atoms. The Kier molecular flexibility index (Phi) is 14.1. The largest absolute Gasteiger partial charge is 0.327 e. The zero-order valence-electron chi connectivity index (χ0n) is 16.8. The maximum absolute atomic E-state index is 12.1. The lowest BCUT2D eigenvalue weighted by atomic mass is 10.0. The summed E-state index contributed by atoms with van der Waals surface area (Å²) >= 11 is 0. The predicted molar refractivity (Wildman–Crippen MR) is 108 cm³/mol. The van der Waals surface area contributed by atoms with E-state index in [9.17, 15) is 4.57 Å². The molecule has 4 nitrogen and oxygen atoms in total. The van der Waals surface area contributed by atoms with Crippen molar-refractivity contribution >= 4 is 7.60 Å². The van der Waals surface area contributed by atoms with Gasteiger partial charge in [0.15, 0.2) is 0 Å². The number of hydrogen-bond acceptors (Lipinski definition) is 4. The van der Waals surface area contributed by atoms with E-state index >= 15 is 0 Å². The third-order valence-electron chi connectivity index (χ3n) is 4.95. The summed E-state index contributed by atoms with van der Waals surface area (Å²) in [6, 6.07) is 0. The van der Waals surface area contributed by atoms with Gasteiger partial charge in [-0.3, -0.25) is 4.57 Å². The first-order chi connectivity index (χ1) is 12.1. The Morgan fingerprint density at radius 3 is 1.96 bits per heavy atom. The van der Waals surface area contributed by atoms with E-state index in [1.54, 1.807) is 6.66 Å². The summed E-state index contributed by atoms with van der Waals surface area (Å²) in [5.74, 6) is 0. The van der Waals surface area contributed by atoms with Crippen LogP contribution in [0.1, 0.15) is 96.8 Å². The van der Waals surface area contributed by atoms with Crippen LogP contribution in [0.3, 0.4) is 0 Å². The van der Waals surface area contributed by atoms with Gasteiger partial charge in [-0.1, -0.05) is 90.4 Å². The lowest BCUT2D eigenvalue weighted by Gasteiger charge is -2.25. The summed E-state index contributed by atoms with van der Waals surface area (Å²) < 4.78 is 23.0. The van der Waals surface area contributed by atoms with Crippen LogP contribution < -0.4 is 5.32 Å². The number of unbranched alkanes of at least 4 members (excludes halogenated alkanes) is 12. The molecule has 1 rings (SSSR count). The van der Waals surface area contributed by atoms with E-state index in [-0.39, 0.29) is 6.10 Å². The third-order valence-corrected chi connectivity index (χ3v) is 6.28. The molecule has 0 spiro atoms. The van der Waals surface area contributed by atoms with Crippen LogP contribution in [0.4, 0.5) is 0 Å². The van der Waals surface area contributed by atoms with Crippen LogP contribution in [-0.2, 0) is 13.6 Å². The molecule has 0 aliphatic carbocycles. The molecular weight excluding hydrogens is 333 g/mol. The second-order valence-corrected chi connectivity index (χ2v) is 9.58. The van der Waals surface area contributed by atoms with Crippen molar-refractivity contribution in [2.75, 3.05) is 26.4 Å². The van der Waals surface area contributed by atoms with Crippen molar-refractivity contribution in [1.29, 1.82) is 0 Å². The van der Waals surface area contributed by atoms with Gasteiger partial charge in [-0.15, -0.1) is 0 Å². The van der Waals surface area contributed by atoms with Gasteiger partial charge >= 0.3 is 7.60 Å². The molecule has 0 radical (unpaired) electrons. The highest BCUT2D eigenvalue weighted by Crippen LogP contribution is 2.45. The van der Waals surface area contributed by atoms with Gasteiger partial charge in [0.2, 0.25) is 0 Å². The minimum atomic E-state index is -2.84. The van der Waals surface area contributed by atoms with Crippen molar-refractivity contribution < 1.29 is 13.6 Å². The summed E-state index contributed by atoms with van der Waals surface area (Å²) in [6.45, 7) is 5.89. The Labute approximate surface area is 156 Å². The highest BCUT2D eigenvalue weighted by molar-refractivity contribution is 7.53. The van der Waals surface area contributed by atoms with Crippen LogP contribution in [0.15, 0.2) is 0 Å². The Balaban J connectivity index is 1.88. The fraction of sp³-hybridized carbons (Fsp3) is 1.00. The zero-order chi connectivity index (χ0) is 18.2. The molecule has 0 saturated carbocycles. The fourth-order valence-corrected chi connectivity index (χ4v) is 4.64. The average molecular weight is 376 g/mol. The highest BCUT2D eigenvalue weighted by atomic mass is 31.2. The van der Waals surface area contributed by atoms with E-state index in [0.717, 1.165) is 25.9 Å². The SMILES string of the molecule is CCCCCCCCCCCCCCC[C@@H]1CNCCO[P@@](C)(=O)O1. The first-order valence-corrected chi connectivity index (χ1v) is 12.7. The number of nitrogens with one attached hydrogen (secondary N) is 1. The number of rotatable bonds is 14. The van der Waals surface area contributed by atoms with Crippen LogP contribution in [-0.4, -0.2) is 32.5 Å². The first-order valence-electron chi connectivity index (χ1n) is 10.8. The lowest BCUT2D eigenvalue weighted by molar-refractivity contribution is 0.123. The molecule has 1 aliphatic heterocycles. The van der Waals surface area contributed by atoms with Gasteiger partial charge in [-0.25, -0.2) is 0 Å². The number of hydrogen-bond donors (Lipinski definition) is 1. The Morgan fingerprint density at radius 1 is 0.880 bits per heavy atom. The monoisotopic (exact) mass is 375 g/mol. The summed E-state index contributed by atoms with van der Waals surface area (Å²) in [5, 5.41) is 3.30. The van der Waals surface area contributed by atoms with Gasteiger partial charge in [0, 0.05) is 19.8 Å². The van der Waals surface area contributed by atoms with E-state index in [4.69, 9.17) is 9.05 Å². The van der Waals surface area contributed by atoms with Crippen LogP contribution >= 0.6 is 7.60 Å². The lowest BCUT2D eigenvalue weighted by Crippen LogP contribution is -2.33. The van der Waals surface area contributed by atoms with Crippen molar-refractivity contribution in [3.63, 3.8) is 0 Å². The molecule has 0 aromatic heterocycles. The molecule has 1 aliphatic rings. The van der Waals surface area contributed by atoms with Gasteiger partial charge in [0.1, 0.15) is 0 Å². The Hall–Kier alpha value is 0.110. The molecule has 0 unspecified atom stereocenters. The molecule has 150 valence electrons. The van der Waals surface area contributed by atoms with Gasteiger partial charge < -0.3 is 14.4 Å². The molecule has 1 heterocycles. The van der Waals surface area contributed by atoms with Crippen molar-refractivity contribution in [1.82, 2.24) is 5.32 Å². The topological polar surface area (TPSA) is 47.6 Å². The Morgan fingerprint density at radius 2 is 1.40 bits per heavy atom. The third kappa shape index (κ3) is 13.9. The maximum Gasteiger partial charge on any atom is 0.327 e. The molecule has 0 aromatic carbocycles. The van der Waals surface area contributed by atoms with Gasteiger partial charge in [0.05, 0.1) is 12.7 Å². The molecule has 0 aromatic rings. The van der Waals surface area contributed by atoms with E-state index in [1.165, 1.54) is 77.0 Å². The van der Waals surface area contributed by atoms with Gasteiger partial charge in [-0.2, -0.15) is 0 Å². The first kappa shape index (κ1) is 23.1. The normalized spacial score (nSPS) is 24.8. The van der Waals surface area contributed by atoms with E-state index < -0.39 is 7.60 Å². The molecule has 0 amide bonds. The van der Waals surface area contributed by atoms with Gasteiger partial charge in [0.25, 0.3) is 0 Å². The quantitative estimate of drug-likeness (QED) is 0.286.